The molecule has 0 amide bonds. The van der Waals surface area contributed by atoms with Crippen LogP contribution in [-0.4, -0.2) is 33.8 Å². The molecule has 0 bridgehead atoms. The van der Waals surface area contributed by atoms with Crippen molar-refractivity contribution in [1.29, 1.82) is 0 Å². The molecule has 120 valence electrons. The Morgan fingerprint density at radius 2 is 2.05 bits per heavy atom. The fourth-order valence-corrected chi connectivity index (χ4v) is 3.11. The first-order valence-corrected chi connectivity index (χ1v) is 7.83. The number of rotatable bonds is 6. The van der Waals surface area contributed by atoms with Gasteiger partial charge in [0.1, 0.15) is 12.2 Å². The van der Waals surface area contributed by atoms with Crippen LogP contribution in [0.1, 0.15) is 45.4 Å². The first kappa shape index (κ1) is 16.3. The summed E-state index contributed by atoms with van der Waals surface area (Å²) < 4.78 is 28.5. The summed E-state index contributed by atoms with van der Waals surface area (Å²) in [5, 5.41) is 7.56. The van der Waals surface area contributed by atoms with E-state index >= 15 is 0 Å². The Hall–Kier alpha value is -1.04. The quantitative estimate of drug-likeness (QED) is 0.878. The number of halogens is 2. The summed E-state index contributed by atoms with van der Waals surface area (Å²) in [7, 11) is 1.90. The molecule has 1 aliphatic rings. The van der Waals surface area contributed by atoms with E-state index in [9.17, 15) is 8.78 Å². The van der Waals surface area contributed by atoms with Crippen LogP contribution in [0.25, 0.3) is 0 Å². The maximum absolute atomic E-state index is 13.3. The van der Waals surface area contributed by atoms with Gasteiger partial charge in [0.25, 0.3) is 0 Å². The van der Waals surface area contributed by atoms with E-state index < -0.39 is 5.92 Å². The van der Waals surface area contributed by atoms with Crippen LogP contribution in [0, 0.1) is 11.8 Å². The minimum Gasteiger partial charge on any atom is -0.316 e. The Labute approximate surface area is 125 Å². The van der Waals surface area contributed by atoms with Crippen LogP contribution < -0.4 is 5.32 Å². The highest BCUT2D eigenvalue weighted by Gasteiger charge is 2.37. The van der Waals surface area contributed by atoms with Crippen LogP contribution in [0.2, 0.25) is 0 Å². The standard InChI is InChI=1S/C15H26F2N4/c1-11(2)9-21-14(19-10-20-21)8-13(18-3)12-4-6-15(16,17)7-5-12/h10-13,18H,4-9H2,1-3H3. The van der Waals surface area contributed by atoms with Crippen molar-refractivity contribution in [2.75, 3.05) is 7.05 Å². The maximum atomic E-state index is 13.3. The third-order valence-corrected chi connectivity index (χ3v) is 4.34. The molecule has 1 aliphatic carbocycles. The molecule has 1 heterocycles. The van der Waals surface area contributed by atoms with Gasteiger partial charge in [0.05, 0.1) is 0 Å². The van der Waals surface area contributed by atoms with Crippen LogP contribution in [0.5, 0.6) is 0 Å². The van der Waals surface area contributed by atoms with E-state index in [2.05, 4.69) is 29.2 Å². The Bertz CT molecular complexity index is 435. The maximum Gasteiger partial charge on any atom is 0.248 e. The highest BCUT2D eigenvalue weighted by molar-refractivity contribution is 4.94. The second-order valence-corrected chi connectivity index (χ2v) is 6.54. The number of likely N-dealkylation sites (N-methyl/N-ethyl adjacent to an activating group) is 1. The van der Waals surface area contributed by atoms with Gasteiger partial charge in [-0.05, 0) is 31.7 Å². The van der Waals surface area contributed by atoms with E-state index in [1.165, 1.54) is 0 Å². The first-order chi connectivity index (χ1) is 9.91. The molecule has 1 aromatic heterocycles. The van der Waals surface area contributed by atoms with Crippen LogP contribution >= 0.6 is 0 Å². The second-order valence-electron chi connectivity index (χ2n) is 6.54. The molecule has 1 saturated carbocycles. The number of hydrogen-bond acceptors (Lipinski definition) is 3. The number of hydrogen-bond donors (Lipinski definition) is 1. The van der Waals surface area contributed by atoms with Gasteiger partial charge in [-0.25, -0.2) is 18.4 Å². The lowest BCUT2D eigenvalue weighted by Crippen LogP contribution is -2.40. The zero-order valence-corrected chi connectivity index (χ0v) is 13.1. The second kappa shape index (κ2) is 6.81. The molecular weight excluding hydrogens is 274 g/mol. The minimum atomic E-state index is -2.47. The fraction of sp³-hybridized carbons (Fsp3) is 0.867. The zero-order chi connectivity index (χ0) is 15.5. The molecule has 0 radical (unpaired) electrons. The predicted octanol–water partition coefficient (Wildman–Crippen LogP) is 2.89. The zero-order valence-electron chi connectivity index (χ0n) is 13.1. The van der Waals surface area contributed by atoms with Gasteiger partial charge < -0.3 is 5.32 Å². The van der Waals surface area contributed by atoms with Crippen LogP contribution in [0.4, 0.5) is 8.78 Å². The average molecular weight is 300 g/mol. The largest absolute Gasteiger partial charge is 0.316 e. The lowest BCUT2D eigenvalue weighted by atomic mass is 9.81. The van der Waals surface area contributed by atoms with Gasteiger partial charge >= 0.3 is 0 Å². The molecule has 0 spiro atoms. The van der Waals surface area contributed by atoms with Crippen molar-refractivity contribution in [2.24, 2.45) is 11.8 Å². The van der Waals surface area contributed by atoms with E-state index in [1.807, 2.05) is 11.7 Å². The lowest BCUT2D eigenvalue weighted by molar-refractivity contribution is -0.0493. The summed E-state index contributed by atoms with van der Waals surface area (Å²) in [6, 6.07) is 0.191. The number of aromatic nitrogens is 3. The summed E-state index contributed by atoms with van der Waals surface area (Å²) in [4.78, 5) is 4.34. The van der Waals surface area contributed by atoms with Crippen molar-refractivity contribution in [1.82, 2.24) is 20.1 Å². The third-order valence-electron chi connectivity index (χ3n) is 4.34. The SMILES string of the molecule is CNC(Cc1ncnn1CC(C)C)C1CCC(F)(F)CC1. The van der Waals surface area contributed by atoms with Crippen molar-refractivity contribution in [3.05, 3.63) is 12.2 Å². The van der Waals surface area contributed by atoms with Crippen LogP contribution in [-0.2, 0) is 13.0 Å². The van der Waals surface area contributed by atoms with Crippen molar-refractivity contribution < 1.29 is 8.78 Å². The Morgan fingerprint density at radius 1 is 1.38 bits per heavy atom. The van der Waals surface area contributed by atoms with Gasteiger partial charge in [-0.2, -0.15) is 5.10 Å². The Morgan fingerprint density at radius 3 is 2.62 bits per heavy atom. The smallest absolute Gasteiger partial charge is 0.248 e. The molecule has 6 heteroatoms. The van der Waals surface area contributed by atoms with E-state index in [4.69, 9.17) is 0 Å². The summed E-state index contributed by atoms with van der Waals surface area (Å²) in [6.07, 6.45) is 3.51. The molecule has 1 fully saturated rings. The van der Waals surface area contributed by atoms with Gasteiger partial charge in [-0.1, -0.05) is 13.8 Å². The summed E-state index contributed by atoms with van der Waals surface area (Å²) in [5.41, 5.74) is 0. The van der Waals surface area contributed by atoms with E-state index in [-0.39, 0.29) is 18.9 Å². The van der Waals surface area contributed by atoms with Gasteiger partial charge in [-0.3, -0.25) is 0 Å². The molecule has 1 aromatic rings. The van der Waals surface area contributed by atoms with Crippen molar-refractivity contribution in [3.8, 4) is 0 Å². The first-order valence-electron chi connectivity index (χ1n) is 7.83. The Balaban J connectivity index is 1.98. The molecule has 1 atom stereocenters. The van der Waals surface area contributed by atoms with Crippen LogP contribution in [0.15, 0.2) is 6.33 Å². The van der Waals surface area contributed by atoms with Gasteiger partial charge in [0.2, 0.25) is 5.92 Å². The molecule has 0 aliphatic heterocycles. The van der Waals surface area contributed by atoms with Gasteiger partial charge in [0.15, 0.2) is 0 Å². The molecule has 1 unspecified atom stereocenters. The van der Waals surface area contributed by atoms with E-state index in [1.54, 1.807) is 6.33 Å². The van der Waals surface area contributed by atoms with Gasteiger partial charge in [-0.15, -0.1) is 0 Å². The van der Waals surface area contributed by atoms with Crippen molar-refractivity contribution in [3.63, 3.8) is 0 Å². The number of nitrogens with zero attached hydrogens (tertiary/aromatic N) is 3. The molecule has 21 heavy (non-hydrogen) atoms. The monoisotopic (exact) mass is 300 g/mol. The lowest BCUT2D eigenvalue weighted by Gasteiger charge is -2.33. The average Bonchev–Trinajstić information content (AvgIpc) is 2.83. The minimum absolute atomic E-state index is 0.00846. The summed E-state index contributed by atoms with van der Waals surface area (Å²) >= 11 is 0. The Kier molecular flexibility index (Phi) is 5.30. The van der Waals surface area contributed by atoms with E-state index in [0.29, 0.717) is 24.7 Å². The highest BCUT2D eigenvalue weighted by atomic mass is 19.3. The topological polar surface area (TPSA) is 42.7 Å². The predicted molar refractivity (Wildman–Crippen MR) is 78.3 cm³/mol. The molecular formula is C15H26F2N4. The summed E-state index contributed by atoms with van der Waals surface area (Å²) in [6.45, 7) is 5.13. The number of alkyl halides is 2. The van der Waals surface area contributed by atoms with Crippen LogP contribution in [0.3, 0.4) is 0 Å². The van der Waals surface area contributed by atoms with E-state index in [0.717, 1.165) is 18.8 Å². The van der Waals surface area contributed by atoms with Crippen molar-refractivity contribution >= 4 is 0 Å². The molecule has 4 nitrogen and oxygen atoms in total. The number of nitrogens with one attached hydrogen (secondary N) is 1. The normalized spacial score (nSPS) is 20.9. The van der Waals surface area contributed by atoms with Crippen molar-refractivity contribution in [2.45, 2.75) is 64.5 Å². The third kappa shape index (κ3) is 4.46. The molecule has 2 rings (SSSR count). The fourth-order valence-electron chi connectivity index (χ4n) is 3.11. The van der Waals surface area contributed by atoms with Gasteiger partial charge in [0, 0.05) is 31.8 Å². The molecule has 1 N–H and O–H groups in total. The molecule has 0 saturated heterocycles. The molecule has 0 aromatic carbocycles. The summed E-state index contributed by atoms with van der Waals surface area (Å²) in [5.74, 6) is -0.724. The highest BCUT2D eigenvalue weighted by Crippen LogP contribution is 2.37.